The molecule has 0 aromatic heterocycles. The molecule has 2 aromatic carbocycles. The van der Waals surface area contributed by atoms with Gasteiger partial charge in [0, 0.05) is 12.1 Å². The number of para-hydroxylation sites is 1. The predicted octanol–water partition coefficient (Wildman–Crippen LogP) is 4.87. The van der Waals surface area contributed by atoms with Gasteiger partial charge in [-0.15, -0.1) is 12.6 Å². The van der Waals surface area contributed by atoms with Gasteiger partial charge in [-0.2, -0.15) is 4.72 Å². The number of anilines is 1. The number of nitrogens with one attached hydrogen (secondary N) is 2. The zero-order valence-electron chi connectivity index (χ0n) is 18.4. The van der Waals surface area contributed by atoms with E-state index < -0.39 is 10.0 Å². The van der Waals surface area contributed by atoms with Crippen LogP contribution >= 0.6 is 24.8 Å². The normalized spacial score (nSPS) is 12.6. The zero-order valence-corrected chi connectivity index (χ0v) is 20.9. The van der Waals surface area contributed by atoms with Crippen LogP contribution < -0.4 is 14.8 Å². The van der Waals surface area contributed by atoms with Gasteiger partial charge in [0.05, 0.1) is 16.0 Å². The van der Waals surface area contributed by atoms with E-state index in [1.807, 2.05) is 44.1 Å². The summed E-state index contributed by atoms with van der Waals surface area (Å²) in [6.07, 6.45) is 2.17. The van der Waals surface area contributed by atoms with Gasteiger partial charge in [-0.1, -0.05) is 50.7 Å². The Hall–Kier alpha value is -1.65. The zero-order chi connectivity index (χ0) is 23.0. The molecule has 2 aromatic rings. The number of hydrogen-bond acceptors (Lipinski definition) is 6. The highest BCUT2D eigenvalue weighted by atomic mass is 32.2. The Kier molecular flexibility index (Phi) is 9.77. The van der Waals surface area contributed by atoms with E-state index in [1.165, 1.54) is 6.07 Å². The maximum Gasteiger partial charge on any atom is 0.245 e. The van der Waals surface area contributed by atoms with Gasteiger partial charge in [0.1, 0.15) is 10.6 Å². The molecule has 0 saturated carbocycles. The molecule has 0 aliphatic rings. The van der Waals surface area contributed by atoms with Crippen molar-refractivity contribution >= 4 is 44.8 Å². The SMILES string of the molecule is CCCCNc1cc(C(=S)S)cc(S(=O)(=O)NC(CC)N(C)C)c1Oc1ccccc1. The molecule has 2 N–H and O–H groups in total. The van der Waals surface area contributed by atoms with Crippen molar-refractivity contribution < 1.29 is 13.2 Å². The Morgan fingerprint density at radius 3 is 2.42 bits per heavy atom. The number of ether oxygens (including phenoxy) is 1. The molecule has 0 aliphatic carbocycles. The van der Waals surface area contributed by atoms with Crippen molar-refractivity contribution in [1.82, 2.24) is 9.62 Å². The van der Waals surface area contributed by atoms with Crippen LogP contribution in [0.5, 0.6) is 11.5 Å². The van der Waals surface area contributed by atoms with Crippen LogP contribution in [0, 0.1) is 0 Å². The number of benzene rings is 2. The fourth-order valence-electron chi connectivity index (χ4n) is 2.96. The van der Waals surface area contributed by atoms with Gasteiger partial charge < -0.3 is 10.1 Å². The maximum atomic E-state index is 13.5. The van der Waals surface area contributed by atoms with Crippen molar-refractivity contribution in [1.29, 1.82) is 0 Å². The molecule has 0 amide bonds. The average molecular weight is 482 g/mol. The minimum Gasteiger partial charge on any atom is -0.454 e. The lowest BCUT2D eigenvalue weighted by Gasteiger charge is -2.25. The first-order chi connectivity index (χ1) is 14.7. The van der Waals surface area contributed by atoms with E-state index in [0.29, 0.717) is 34.2 Å². The molecule has 0 bridgehead atoms. The van der Waals surface area contributed by atoms with Crippen LogP contribution in [-0.2, 0) is 10.0 Å². The van der Waals surface area contributed by atoms with E-state index in [1.54, 1.807) is 18.2 Å². The molecule has 6 nitrogen and oxygen atoms in total. The van der Waals surface area contributed by atoms with E-state index >= 15 is 0 Å². The third-order valence-electron chi connectivity index (χ3n) is 4.70. The van der Waals surface area contributed by atoms with Crippen LogP contribution in [0.15, 0.2) is 47.4 Å². The second-order valence-electron chi connectivity index (χ2n) is 7.36. The molecule has 0 heterocycles. The average Bonchev–Trinajstić information content (AvgIpc) is 2.73. The van der Waals surface area contributed by atoms with Crippen molar-refractivity contribution in [3.05, 3.63) is 48.0 Å². The summed E-state index contributed by atoms with van der Waals surface area (Å²) in [5.74, 6) is 0.773. The van der Waals surface area contributed by atoms with Crippen LogP contribution in [0.4, 0.5) is 5.69 Å². The van der Waals surface area contributed by atoms with Gasteiger partial charge in [-0.3, -0.25) is 4.90 Å². The van der Waals surface area contributed by atoms with Crippen molar-refractivity contribution in [3.63, 3.8) is 0 Å². The topological polar surface area (TPSA) is 70.7 Å². The molecule has 9 heteroatoms. The van der Waals surface area contributed by atoms with Crippen LogP contribution in [0.25, 0.3) is 0 Å². The summed E-state index contributed by atoms with van der Waals surface area (Å²) in [5, 5.41) is 3.31. The lowest BCUT2D eigenvalue weighted by molar-refractivity contribution is 0.270. The van der Waals surface area contributed by atoms with Crippen molar-refractivity contribution in [3.8, 4) is 11.5 Å². The van der Waals surface area contributed by atoms with Gasteiger partial charge in [-0.05, 0) is 51.2 Å². The van der Waals surface area contributed by atoms with Crippen LogP contribution in [0.2, 0.25) is 0 Å². The minimum absolute atomic E-state index is 0.0181. The van der Waals surface area contributed by atoms with E-state index in [4.69, 9.17) is 17.0 Å². The molecule has 31 heavy (non-hydrogen) atoms. The first-order valence-electron chi connectivity index (χ1n) is 10.3. The van der Waals surface area contributed by atoms with Gasteiger partial charge in [0.15, 0.2) is 5.75 Å². The summed E-state index contributed by atoms with van der Waals surface area (Å²) >= 11 is 9.52. The molecule has 0 aliphatic heterocycles. The van der Waals surface area contributed by atoms with Crippen molar-refractivity contribution in [2.45, 2.75) is 44.2 Å². The molecule has 2 rings (SSSR count). The number of thiocarbonyl (C=S) groups is 1. The highest BCUT2D eigenvalue weighted by Crippen LogP contribution is 2.38. The summed E-state index contributed by atoms with van der Waals surface area (Å²) in [7, 11) is -0.270. The van der Waals surface area contributed by atoms with Crippen molar-refractivity contribution in [2.75, 3.05) is 26.0 Å². The molecular weight excluding hydrogens is 450 g/mol. The molecule has 1 atom stereocenters. The summed E-state index contributed by atoms with van der Waals surface area (Å²) in [5.41, 5.74) is 1.10. The third-order valence-corrected chi connectivity index (χ3v) is 6.66. The second-order valence-corrected chi connectivity index (χ2v) is 10.2. The Morgan fingerprint density at radius 1 is 1.19 bits per heavy atom. The van der Waals surface area contributed by atoms with Crippen molar-refractivity contribution in [2.24, 2.45) is 0 Å². The highest BCUT2D eigenvalue weighted by molar-refractivity contribution is 8.11. The third kappa shape index (κ3) is 7.18. The minimum atomic E-state index is -3.93. The van der Waals surface area contributed by atoms with Gasteiger partial charge >= 0.3 is 0 Å². The van der Waals surface area contributed by atoms with E-state index in [-0.39, 0.29) is 16.8 Å². The monoisotopic (exact) mass is 481 g/mol. The van der Waals surface area contributed by atoms with Crippen LogP contribution in [0.3, 0.4) is 0 Å². The van der Waals surface area contributed by atoms with E-state index in [9.17, 15) is 8.42 Å². The van der Waals surface area contributed by atoms with Crippen LogP contribution in [0.1, 0.15) is 38.7 Å². The van der Waals surface area contributed by atoms with Gasteiger partial charge in [0.25, 0.3) is 0 Å². The lowest BCUT2D eigenvalue weighted by Crippen LogP contribution is -2.44. The highest BCUT2D eigenvalue weighted by Gasteiger charge is 2.27. The smallest absolute Gasteiger partial charge is 0.245 e. The Labute approximate surface area is 196 Å². The number of rotatable bonds is 12. The second kappa shape index (κ2) is 11.8. The summed E-state index contributed by atoms with van der Waals surface area (Å²) in [6, 6.07) is 12.4. The van der Waals surface area contributed by atoms with E-state index in [0.717, 1.165) is 12.8 Å². The van der Waals surface area contributed by atoms with E-state index in [2.05, 4.69) is 29.6 Å². The number of nitrogens with zero attached hydrogens (tertiary/aromatic N) is 1. The molecule has 1 unspecified atom stereocenters. The molecule has 0 saturated heterocycles. The first-order valence-corrected chi connectivity index (χ1v) is 12.6. The lowest BCUT2D eigenvalue weighted by atomic mass is 10.2. The fraction of sp³-hybridized carbons (Fsp3) is 0.409. The molecule has 170 valence electrons. The standard InChI is InChI=1S/C22H31N3O3S3/c1-5-7-13-23-18-14-16(22(29)30)15-19(21(18)28-17-11-9-8-10-12-17)31(26,27)24-20(6-2)25(3)4/h8-12,14-15,20,23-24H,5-7,13H2,1-4H3,(H,29,30). The molecule has 0 fully saturated rings. The molecule has 0 radical (unpaired) electrons. The van der Waals surface area contributed by atoms with Crippen LogP contribution in [-0.4, -0.2) is 44.3 Å². The Bertz CT molecular complexity index is 980. The summed E-state index contributed by atoms with van der Waals surface area (Å²) in [4.78, 5) is 1.84. The molecular formula is C22H31N3O3S3. The fourth-order valence-corrected chi connectivity index (χ4v) is 4.75. The Morgan fingerprint density at radius 2 is 1.87 bits per heavy atom. The van der Waals surface area contributed by atoms with Gasteiger partial charge in [0.2, 0.25) is 10.0 Å². The Balaban J connectivity index is 2.65. The number of sulfonamides is 1. The number of unbranched alkanes of at least 4 members (excludes halogenated alkanes) is 1. The number of thiol groups is 1. The van der Waals surface area contributed by atoms with Gasteiger partial charge in [-0.25, -0.2) is 8.42 Å². The maximum absolute atomic E-state index is 13.5. The first kappa shape index (κ1) is 25.6. The summed E-state index contributed by atoms with van der Waals surface area (Å²) in [6.45, 7) is 4.69. The largest absolute Gasteiger partial charge is 0.454 e. The quantitative estimate of drug-likeness (QED) is 0.174. The predicted molar refractivity (Wildman–Crippen MR) is 135 cm³/mol. The molecule has 0 spiro atoms. The summed E-state index contributed by atoms with van der Waals surface area (Å²) < 4.78 is 36.1. The number of hydrogen-bond donors (Lipinski definition) is 3.